The second-order valence-corrected chi connectivity index (χ2v) is 16.0. The number of hydrogen-bond acceptors (Lipinski definition) is 24. The number of rotatable bonds is 60. The molecule has 0 aromatic rings. The van der Waals surface area contributed by atoms with E-state index in [1.54, 1.807) is 14.7 Å². The Balaban J connectivity index is 5.51. The van der Waals surface area contributed by atoms with Crippen molar-refractivity contribution in [2.75, 3.05) is 270 Å². The van der Waals surface area contributed by atoms with Crippen LogP contribution in [0.25, 0.3) is 0 Å². The van der Waals surface area contributed by atoms with Crippen molar-refractivity contribution in [3.63, 3.8) is 0 Å². The highest BCUT2D eigenvalue weighted by molar-refractivity contribution is 5.81. The Bertz CT molecular complexity index is 1180. The van der Waals surface area contributed by atoms with Gasteiger partial charge in [0.1, 0.15) is 0 Å². The first-order valence-corrected chi connectivity index (χ1v) is 25.8. The first-order valence-electron chi connectivity index (χ1n) is 25.8. The minimum absolute atomic E-state index is 0.112. The smallest absolute Gasteiger partial charge is 0.317 e. The summed E-state index contributed by atoms with van der Waals surface area (Å²) in [7, 11) is 0. The number of hydrogen-bond donors (Lipinski definition) is 9. The first kappa shape index (κ1) is 71.6. The van der Waals surface area contributed by atoms with Gasteiger partial charge < -0.3 is 106 Å². The predicted molar refractivity (Wildman–Crippen MR) is 275 cm³/mol. The molecule has 0 unspecified atom stereocenters. The monoisotopic (exact) mass is 1090 g/mol. The average molecular weight is 1090 g/mol. The molecule has 13 N–H and O–H groups in total. The van der Waals surface area contributed by atoms with Crippen molar-refractivity contribution in [1.82, 2.24) is 36.0 Å². The molecule has 0 atom stereocenters. The molecule has 0 aromatic carbocycles. The third-order valence-electron chi connectivity index (χ3n) is 9.59. The van der Waals surface area contributed by atoms with Crippen molar-refractivity contribution in [3.05, 3.63) is 0 Å². The Kier molecular flexibility index (Phi) is 54.2. The minimum atomic E-state index is -1.12. The first-order chi connectivity index (χ1) is 36.6. The molecular formula is C46H95N11O18. The summed E-state index contributed by atoms with van der Waals surface area (Å²) in [6, 6.07) is 0. The van der Waals surface area contributed by atoms with Crippen LogP contribution in [0.5, 0.6) is 0 Å². The molecule has 0 bridgehead atoms. The van der Waals surface area contributed by atoms with E-state index in [0.29, 0.717) is 158 Å². The molecule has 29 heteroatoms. The van der Waals surface area contributed by atoms with Crippen molar-refractivity contribution in [2.24, 2.45) is 22.9 Å². The van der Waals surface area contributed by atoms with Gasteiger partial charge in [-0.05, 0) is 0 Å². The van der Waals surface area contributed by atoms with Crippen LogP contribution < -0.4 is 44.2 Å². The number of nitrogens with one attached hydrogen (secondary N) is 4. The maximum atomic E-state index is 13.1. The molecular weight excluding hydrogens is 995 g/mol. The van der Waals surface area contributed by atoms with E-state index < -0.39 is 12.5 Å². The van der Waals surface area contributed by atoms with Crippen molar-refractivity contribution in [3.8, 4) is 0 Å². The van der Waals surface area contributed by atoms with Crippen LogP contribution >= 0.6 is 0 Å². The maximum absolute atomic E-state index is 13.1. The van der Waals surface area contributed by atoms with Gasteiger partial charge in [0, 0.05) is 78.5 Å². The summed E-state index contributed by atoms with van der Waals surface area (Å²) in [5, 5.41) is 21.0. The van der Waals surface area contributed by atoms with E-state index in [1.165, 1.54) is 0 Å². The fourth-order valence-electron chi connectivity index (χ4n) is 6.04. The Morgan fingerprint density at radius 2 is 0.467 bits per heavy atom. The molecule has 4 amide bonds. The average Bonchev–Trinajstić information content (AvgIpc) is 3.38. The van der Waals surface area contributed by atoms with Gasteiger partial charge in [-0.15, -0.1) is 0 Å². The molecule has 75 heavy (non-hydrogen) atoms. The van der Waals surface area contributed by atoms with E-state index in [-0.39, 0.29) is 129 Å². The van der Waals surface area contributed by atoms with Crippen LogP contribution in [0.15, 0.2) is 0 Å². The fourth-order valence-corrected chi connectivity index (χ4v) is 6.04. The molecule has 442 valence electrons. The summed E-state index contributed by atoms with van der Waals surface area (Å²) in [6.45, 7) is 10.5. The number of aliphatic carboxylic acids is 1. The van der Waals surface area contributed by atoms with Gasteiger partial charge >= 0.3 is 5.97 Å². The number of carboxylic acid groups (broad SMARTS) is 1. The van der Waals surface area contributed by atoms with Gasteiger partial charge in [0.15, 0.2) is 0 Å². The van der Waals surface area contributed by atoms with Gasteiger partial charge in [0.2, 0.25) is 23.6 Å². The lowest BCUT2D eigenvalue weighted by Crippen LogP contribution is -2.49. The summed E-state index contributed by atoms with van der Waals surface area (Å²) in [5.74, 6) is -2.64. The molecule has 0 aliphatic heterocycles. The standard InChI is InChI=1S/C46H95N11O18/c47-1-13-64-21-29-72-33-25-68-17-5-51-42(58)37-56(38-43(59)52-6-18-69-26-34-73-30-22-65-14-2-48)11-9-55(41-46(62)63)10-12-57(39-44(60)53-7-19-70-27-35-74-31-23-66-15-3-49)40-45(61)54-8-20-71-28-36-75-32-24-67-16-4-50/h1-41,47-50H2,(H,51,58)(H,52,59)(H,53,60)(H,54,61)(H,62,63). The van der Waals surface area contributed by atoms with Crippen molar-refractivity contribution < 1.29 is 85.9 Å². The summed E-state index contributed by atoms with van der Waals surface area (Å²) in [5.41, 5.74) is 21.6. The van der Waals surface area contributed by atoms with Crippen molar-refractivity contribution in [1.29, 1.82) is 0 Å². The Labute approximate surface area is 443 Å². The molecule has 29 nitrogen and oxygen atoms in total. The molecule has 0 spiro atoms. The van der Waals surface area contributed by atoms with Crippen LogP contribution in [0.3, 0.4) is 0 Å². The van der Waals surface area contributed by atoms with Crippen LogP contribution in [-0.2, 0) is 80.8 Å². The number of nitrogens with two attached hydrogens (primary N) is 4. The number of ether oxygens (including phenoxy) is 12. The van der Waals surface area contributed by atoms with Crippen LogP contribution in [0, 0.1) is 0 Å². The summed E-state index contributed by atoms with van der Waals surface area (Å²) < 4.78 is 65.0. The molecule has 0 aromatic heterocycles. The van der Waals surface area contributed by atoms with E-state index in [2.05, 4.69) is 21.3 Å². The Morgan fingerprint density at radius 1 is 0.280 bits per heavy atom. The SMILES string of the molecule is NCCOCCOCCOCCNC(=O)CN(CCN(CCN(CC(=O)NCCOCCOCCOCCN)CC(=O)NCCOCCOCCOCCN)CC(=O)O)CC(=O)NCCOCCOCCOCCN. The van der Waals surface area contributed by atoms with Gasteiger partial charge in [0.25, 0.3) is 0 Å². The molecule has 0 radical (unpaired) electrons. The molecule has 0 saturated carbocycles. The van der Waals surface area contributed by atoms with Gasteiger partial charge in [-0.25, -0.2) is 0 Å². The van der Waals surface area contributed by atoms with Crippen LogP contribution in [0.4, 0.5) is 0 Å². The Morgan fingerprint density at radius 3 is 0.667 bits per heavy atom. The molecule has 0 fully saturated rings. The quantitative estimate of drug-likeness (QED) is 0.0256. The number of amides is 4. The topological polar surface area (TPSA) is 378 Å². The molecule has 0 aliphatic carbocycles. The zero-order valence-corrected chi connectivity index (χ0v) is 44.5. The molecule has 0 aliphatic rings. The highest BCUT2D eigenvalue weighted by Gasteiger charge is 2.20. The number of carboxylic acids is 1. The van der Waals surface area contributed by atoms with E-state index in [0.717, 1.165) is 0 Å². The molecule has 0 saturated heterocycles. The van der Waals surface area contributed by atoms with Gasteiger partial charge in [0.05, 0.1) is 191 Å². The lowest BCUT2D eigenvalue weighted by Gasteiger charge is -2.28. The lowest BCUT2D eigenvalue weighted by atomic mass is 10.3. The Hall–Kier alpha value is -3.41. The largest absolute Gasteiger partial charge is 0.480 e. The number of carbonyl (C=O) groups is 5. The van der Waals surface area contributed by atoms with E-state index in [1.807, 2.05) is 0 Å². The van der Waals surface area contributed by atoms with Gasteiger partial charge in [-0.3, -0.25) is 38.7 Å². The third-order valence-corrected chi connectivity index (χ3v) is 9.59. The number of nitrogens with zero attached hydrogens (tertiary/aromatic N) is 3. The third kappa shape index (κ3) is 53.8. The van der Waals surface area contributed by atoms with Gasteiger partial charge in [-0.1, -0.05) is 0 Å². The highest BCUT2D eigenvalue weighted by Crippen LogP contribution is 1.98. The number of carbonyl (C=O) groups excluding carboxylic acids is 4. The van der Waals surface area contributed by atoms with E-state index in [9.17, 15) is 29.1 Å². The minimum Gasteiger partial charge on any atom is -0.480 e. The predicted octanol–water partition coefficient (Wildman–Crippen LogP) is -6.52. The summed E-state index contributed by atoms with van der Waals surface area (Å²) in [4.78, 5) is 69.4. The van der Waals surface area contributed by atoms with Crippen molar-refractivity contribution in [2.45, 2.75) is 0 Å². The zero-order valence-electron chi connectivity index (χ0n) is 44.5. The second-order valence-electron chi connectivity index (χ2n) is 16.0. The lowest BCUT2D eigenvalue weighted by molar-refractivity contribution is -0.139. The molecule has 0 rings (SSSR count). The van der Waals surface area contributed by atoms with Crippen molar-refractivity contribution >= 4 is 29.6 Å². The van der Waals surface area contributed by atoms with E-state index >= 15 is 0 Å². The summed E-state index contributed by atoms with van der Waals surface area (Å²) >= 11 is 0. The highest BCUT2D eigenvalue weighted by atomic mass is 16.6. The summed E-state index contributed by atoms with van der Waals surface area (Å²) in [6.07, 6.45) is 0. The maximum Gasteiger partial charge on any atom is 0.317 e. The normalized spacial score (nSPS) is 11.5. The second kappa shape index (κ2) is 56.8. The zero-order chi connectivity index (χ0) is 54.9. The van der Waals surface area contributed by atoms with E-state index in [4.69, 9.17) is 79.8 Å². The van der Waals surface area contributed by atoms with Gasteiger partial charge in [-0.2, -0.15) is 0 Å². The van der Waals surface area contributed by atoms with Crippen LogP contribution in [0.2, 0.25) is 0 Å². The molecule has 0 heterocycles. The van der Waals surface area contributed by atoms with Crippen LogP contribution in [-0.4, -0.2) is 319 Å². The van der Waals surface area contributed by atoms with Crippen LogP contribution in [0.1, 0.15) is 0 Å². The fraction of sp³-hybridized carbons (Fsp3) is 0.891.